The number of aromatic nitrogens is 2. The van der Waals surface area contributed by atoms with Gasteiger partial charge >= 0.3 is 0 Å². The Bertz CT molecular complexity index is 1000. The van der Waals surface area contributed by atoms with Gasteiger partial charge in [0.05, 0.1) is 16.9 Å². The first kappa shape index (κ1) is 18.4. The molecule has 0 saturated heterocycles. The Kier molecular flexibility index (Phi) is 5.61. The van der Waals surface area contributed by atoms with Crippen molar-refractivity contribution >= 4 is 51.3 Å². The van der Waals surface area contributed by atoms with Gasteiger partial charge in [-0.15, -0.1) is 0 Å². The zero-order chi connectivity index (χ0) is 18.7. The van der Waals surface area contributed by atoms with Crippen LogP contribution in [0.2, 0.25) is 10.0 Å². The van der Waals surface area contributed by atoms with Crippen molar-refractivity contribution in [1.82, 2.24) is 15.6 Å². The SMILES string of the molecule is O=C(NN=Cc1cc(Br)ccc1O)c1cc(-c2cc(Cl)ccc2Cl)n[nH]1. The van der Waals surface area contributed by atoms with Gasteiger partial charge in [0, 0.05) is 20.6 Å². The molecule has 3 rings (SSSR count). The number of nitrogens with one attached hydrogen (secondary N) is 2. The molecule has 0 bridgehead atoms. The number of amides is 1. The number of halogens is 3. The van der Waals surface area contributed by atoms with Crippen LogP contribution in [0.15, 0.2) is 52.0 Å². The molecule has 26 heavy (non-hydrogen) atoms. The maximum absolute atomic E-state index is 12.2. The van der Waals surface area contributed by atoms with Gasteiger partial charge < -0.3 is 5.11 Å². The first-order valence-corrected chi connectivity index (χ1v) is 8.81. The van der Waals surface area contributed by atoms with Crippen molar-refractivity contribution in [3.63, 3.8) is 0 Å². The third-order valence-corrected chi connectivity index (χ3v) is 4.44. The third-order valence-electron chi connectivity index (χ3n) is 3.39. The van der Waals surface area contributed by atoms with Gasteiger partial charge in [0.15, 0.2) is 0 Å². The number of aromatic hydroxyl groups is 1. The van der Waals surface area contributed by atoms with Gasteiger partial charge in [-0.25, -0.2) is 5.43 Å². The minimum atomic E-state index is -0.493. The summed E-state index contributed by atoms with van der Waals surface area (Å²) in [5.41, 5.74) is 4.10. The molecule has 2 aromatic carbocycles. The van der Waals surface area contributed by atoms with Crippen LogP contribution in [0, 0.1) is 0 Å². The number of carbonyl (C=O) groups excluding carboxylic acids is 1. The fourth-order valence-corrected chi connectivity index (χ4v) is 2.88. The number of H-pyrrole nitrogens is 1. The van der Waals surface area contributed by atoms with Crippen molar-refractivity contribution in [2.45, 2.75) is 0 Å². The van der Waals surface area contributed by atoms with Crippen molar-refractivity contribution < 1.29 is 9.90 Å². The standard InChI is InChI=1S/C17H11BrCl2N4O2/c18-10-1-4-16(25)9(5-10)8-21-24-17(26)15-7-14(22-23-15)12-6-11(19)2-3-13(12)20/h1-8,25H,(H,22,23)(H,24,26). The van der Waals surface area contributed by atoms with E-state index in [2.05, 4.69) is 36.7 Å². The number of benzene rings is 2. The molecule has 9 heteroatoms. The second kappa shape index (κ2) is 7.90. The number of aromatic amines is 1. The van der Waals surface area contributed by atoms with Crippen molar-refractivity contribution in [1.29, 1.82) is 0 Å². The number of phenolic OH excluding ortho intramolecular Hbond substituents is 1. The molecule has 0 spiro atoms. The molecule has 0 radical (unpaired) electrons. The van der Waals surface area contributed by atoms with E-state index in [1.54, 1.807) is 36.4 Å². The summed E-state index contributed by atoms with van der Waals surface area (Å²) < 4.78 is 0.777. The monoisotopic (exact) mass is 452 g/mol. The lowest BCUT2D eigenvalue weighted by Gasteiger charge is -2.00. The van der Waals surface area contributed by atoms with Crippen molar-refractivity contribution in [2.24, 2.45) is 5.10 Å². The van der Waals surface area contributed by atoms with E-state index >= 15 is 0 Å². The van der Waals surface area contributed by atoms with Crippen molar-refractivity contribution in [3.8, 4) is 17.0 Å². The van der Waals surface area contributed by atoms with Crippen LogP contribution in [0.4, 0.5) is 0 Å². The van der Waals surface area contributed by atoms with Gasteiger partial charge in [0.1, 0.15) is 11.4 Å². The summed E-state index contributed by atoms with van der Waals surface area (Å²) in [4.78, 5) is 12.2. The van der Waals surface area contributed by atoms with Crippen LogP contribution in [0.3, 0.4) is 0 Å². The summed E-state index contributed by atoms with van der Waals surface area (Å²) in [6, 6.07) is 11.4. The van der Waals surface area contributed by atoms with Gasteiger partial charge in [-0.1, -0.05) is 39.1 Å². The minimum absolute atomic E-state index is 0.0469. The number of rotatable bonds is 4. The topological polar surface area (TPSA) is 90.4 Å². The third kappa shape index (κ3) is 4.24. The number of hydrazone groups is 1. The Hall–Kier alpha value is -2.35. The smallest absolute Gasteiger partial charge is 0.289 e. The summed E-state index contributed by atoms with van der Waals surface area (Å²) >= 11 is 15.4. The van der Waals surface area contributed by atoms with E-state index in [4.69, 9.17) is 23.2 Å². The summed E-state index contributed by atoms with van der Waals surface area (Å²) in [5.74, 6) is -0.446. The molecule has 0 unspecified atom stereocenters. The molecule has 0 fully saturated rings. The Morgan fingerprint density at radius 1 is 1.23 bits per heavy atom. The number of nitrogens with zero attached hydrogens (tertiary/aromatic N) is 2. The predicted molar refractivity (Wildman–Crippen MR) is 105 cm³/mol. The van der Waals surface area contributed by atoms with Crippen LogP contribution in [0.1, 0.15) is 16.1 Å². The average Bonchev–Trinajstić information content (AvgIpc) is 3.10. The number of hydrogen-bond donors (Lipinski definition) is 3. The van der Waals surface area contributed by atoms with Gasteiger partial charge in [-0.05, 0) is 42.5 Å². The predicted octanol–water partition coefficient (Wildman–Crippen LogP) is 4.62. The quantitative estimate of drug-likeness (QED) is 0.397. The summed E-state index contributed by atoms with van der Waals surface area (Å²) in [6.45, 7) is 0. The maximum Gasteiger partial charge on any atom is 0.289 e. The molecule has 1 heterocycles. The minimum Gasteiger partial charge on any atom is -0.507 e. The summed E-state index contributed by atoms with van der Waals surface area (Å²) in [5, 5.41) is 21.2. The van der Waals surface area contributed by atoms with E-state index in [9.17, 15) is 9.90 Å². The Balaban J connectivity index is 1.73. The molecular formula is C17H11BrCl2N4O2. The lowest BCUT2D eigenvalue weighted by atomic mass is 10.1. The van der Waals surface area contributed by atoms with Gasteiger partial charge in [-0.3, -0.25) is 9.89 Å². The zero-order valence-corrected chi connectivity index (χ0v) is 16.1. The molecule has 0 aliphatic heterocycles. The number of carbonyl (C=O) groups is 1. The van der Waals surface area contributed by atoms with E-state index in [0.717, 1.165) is 4.47 Å². The van der Waals surface area contributed by atoms with E-state index in [1.165, 1.54) is 12.3 Å². The zero-order valence-electron chi connectivity index (χ0n) is 13.0. The highest BCUT2D eigenvalue weighted by atomic mass is 79.9. The number of phenols is 1. The van der Waals surface area contributed by atoms with Crippen LogP contribution in [0.5, 0.6) is 5.75 Å². The normalized spacial score (nSPS) is 11.0. The second-order valence-electron chi connectivity index (χ2n) is 5.19. The van der Waals surface area contributed by atoms with Crippen LogP contribution in [-0.4, -0.2) is 27.4 Å². The van der Waals surface area contributed by atoms with Gasteiger partial charge in [-0.2, -0.15) is 10.2 Å². The van der Waals surface area contributed by atoms with E-state index in [1.807, 2.05) is 0 Å². The molecule has 1 amide bonds. The molecule has 3 N–H and O–H groups in total. The molecule has 0 aliphatic carbocycles. The molecule has 0 saturated carbocycles. The van der Waals surface area contributed by atoms with E-state index < -0.39 is 5.91 Å². The maximum atomic E-state index is 12.2. The van der Waals surface area contributed by atoms with Gasteiger partial charge in [0.25, 0.3) is 5.91 Å². The molecule has 3 aromatic rings. The molecule has 6 nitrogen and oxygen atoms in total. The highest BCUT2D eigenvalue weighted by molar-refractivity contribution is 9.10. The number of hydrogen-bond acceptors (Lipinski definition) is 4. The average molecular weight is 454 g/mol. The van der Waals surface area contributed by atoms with Crippen LogP contribution in [-0.2, 0) is 0 Å². The lowest BCUT2D eigenvalue weighted by molar-refractivity contribution is 0.0950. The molecule has 0 atom stereocenters. The van der Waals surface area contributed by atoms with Crippen molar-refractivity contribution in [2.75, 3.05) is 0 Å². The van der Waals surface area contributed by atoms with Gasteiger partial charge in [0.2, 0.25) is 0 Å². The van der Waals surface area contributed by atoms with Crippen LogP contribution in [0.25, 0.3) is 11.3 Å². The highest BCUT2D eigenvalue weighted by Crippen LogP contribution is 2.29. The molecule has 132 valence electrons. The highest BCUT2D eigenvalue weighted by Gasteiger charge is 2.13. The van der Waals surface area contributed by atoms with E-state index in [-0.39, 0.29) is 11.4 Å². The molecule has 1 aromatic heterocycles. The second-order valence-corrected chi connectivity index (χ2v) is 6.95. The summed E-state index contributed by atoms with van der Waals surface area (Å²) in [6.07, 6.45) is 1.34. The first-order chi connectivity index (χ1) is 12.4. The van der Waals surface area contributed by atoms with Crippen molar-refractivity contribution in [3.05, 3.63) is 68.2 Å². The molecule has 0 aliphatic rings. The fraction of sp³-hybridized carbons (Fsp3) is 0. The summed E-state index contributed by atoms with van der Waals surface area (Å²) in [7, 11) is 0. The van der Waals surface area contributed by atoms with Crippen LogP contribution < -0.4 is 5.43 Å². The van der Waals surface area contributed by atoms with Crippen LogP contribution >= 0.6 is 39.1 Å². The first-order valence-electron chi connectivity index (χ1n) is 7.27. The molecular weight excluding hydrogens is 443 g/mol. The fourth-order valence-electron chi connectivity index (χ4n) is 2.12. The largest absolute Gasteiger partial charge is 0.507 e. The Morgan fingerprint density at radius 2 is 2.04 bits per heavy atom. The van der Waals surface area contributed by atoms with E-state index in [0.29, 0.717) is 26.9 Å². The Morgan fingerprint density at radius 3 is 2.85 bits per heavy atom. The lowest BCUT2D eigenvalue weighted by Crippen LogP contribution is -2.18. The Labute approximate surface area is 167 Å².